The van der Waals surface area contributed by atoms with Crippen LogP contribution in [0.25, 0.3) is 0 Å². The van der Waals surface area contributed by atoms with Crippen molar-refractivity contribution in [2.75, 3.05) is 7.05 Å². The van der Waals surface area contributed by atoms with Crippen molar-refractivity contribution < 1.29 is 13.5 Å². The molecule has 0 heterocycles. The Morgan fingerprint density at radius 1 is 1.38 bits per heavy atom. The van der Waals surface area contributed by atoms with Crippen LogP contribution in [-0.4, -0.2) is 37.0 Å². The molecule has 21 heavy (non-hydrogen) atoms. The van der Waals surface area contributed by atoms with Crippen LogP contribution in [0.5, 0.6) is 0 Å². The van der Waals surface area contributed by atoms with E-state index in [1.165, 1.54) is 17.4 Å². The minimum absolute atomic E-state index is 0.0571. The zero-order valence-electron chi connectivity index (χ0n) is 12.0. The molecular formula is C14H21ClN2O3S. The van der Waals surface area contributed by atoms with Gasteiger partial charge in [-0.05, 0) is 30.5 Å². The van der Waals surface area contributed by atoms with E-state index in [1.807, 2.05) is 0 Å². The summed E-state index contributed by atoms with van der Waals surface area (Å²) in [7, 11) is -2.22. The summed E-state index contributed by atoms with van der Waals surface area (Å²) in [5.74, 6) is 0. The van der Waals surface area contributed by atoms with E-state index in [9.17, 15) is 13.5 Å². The molecule has 0 aromatic heterocycles. The van der Waals surface area contributed by atoms with Gasteiger partial charge in [0.05, 0.1) is 17.2 Å². The minimum Gasteiger partial charge on any atom is -0.391 e. The van der Waals surface area contributed by atoms with Crippen molar-refractivity contribution in [3.8, 4) is 0 Å². The smallest absolute Gasteiger partial charge is 0.244 e. The number of hydrogen-bond donors (Lipinski definition) is 2. The lowest BCUT2D eigenvalue weighted by Gasteiger charge is -2.34. The molecule has 0 saturated heterocycles. The average Bonchev–Trinajstić information content (AvgIpc) is 2.46. The topological polar surface area (TPSA) is 83.6 Å². The third kappa shape index (κ3) is 3.40. The highest BCUT2D eigenvalue weighted by Crippen LogP contribution is 2.30. The van der Waals surface area contributed by atoms with Gasteiger partial charge in [-0.3, -0.25) is 0 Å². The average molecular weight is 333 g/mol. The quantitative estimate of drug-likeness (QED) is 0.879. The van der Waals surface area contributed by atoms with Crippen LogP contribution in [-0.2, 0) is 16.6 Å². The number of nitrogens with two attached hydrogens (primary N) is 1. The summed E-state index contributed by atoms with van der Waals surface area (Å²) in [6.45, 7) is 0.303. The summed E-state index contributed by atoms with van der Waals surface area (Å²) in [6, 6.07) is 4.31. The number of benzene rings is 1. The van der Waals surface area contributed by atoms with Crippen molar-refractivity contribution in [3.63, 3.8) is 0 Å². The molecule has 1 aliphatic carbocycles. The van der Waals surface area contributed by atoms with E-state index in [-0.39, 0.29) is 9.92 Å². The third-order valence-electron chi connectivity index (χ3n) is 4.05. The molecule has 0 aliphatic heterocycles. The van der Waals surface area contributed by atoms with Gasteiger partial charge in [0.25, 0.3) is 0 Å². The molecule has 1 aromatic carbocycles. The molecule has 2 rings (SSSR count). The molecule has 5 nitrogen and oxygen atoms in total. The number of aliphatic hydroxyl groups excluding tert-OH is 1. The Hall–Kier alpha value is -0.660. The second-order valence-electron chi connectivity index (χ2n) is 5.41. The zero-order valence-corrected chi connectivity index (χ0v) is 13.6. The van der Waals surface area contributed by atoms with Gasteiger partial charge in [0, 0.05) is 13.6 Å². The van der Waals surface area contributed by atoms with Crippen LogP contribution in [0.4, 0.5) is 0 Å². The molecule has 2 atom stereocenters. The van der Waals surface area contributed by atoms with Gasteiger partial charge < -0.3 is 10.8 Å². The Balaban J connectivity index is 2.32. The van der Waals surface area contributed by atoms with Gasteiger partial charge >= 0.3 is 0 Å². The number of halogens is 1. The largest absolute Gasteiger partial charge is 0.391 e. The van der Waals surface area contributed by atoms with Crippen molar-refractivity contribution in [2.45, 2.75) is 49.3 Å². The van der Waals surface area contributed by atoms with Gasteiger partial charge in [0.15, 0.2) is 0 Å². The SMILES string of the molecule is CN(C1CCCCC1O)S(=O)(=O)c1ccc(CN)cc1Cl. The van der Waals surface area contributed by atoms with Gasteiger partial charge in [-0.2, -0.15) is 4.31 Å². The minimum atomic E-state index is -3.73. The Kier molecular flexibility index (Phi) is 5.27. The summed E-state index contributed by atoms with van der Waals surface area (Å²) < 4.78 is 26.6. The number of nitrogens with zero attached hydrogens (tertiary/aromatic N) is 1. The molecule has 118 valence electrons. The summed E-state index contributed by atoms with van der Waals surface area (Å²) >= 11 is 6.09. The van der Waals surface area contributed by atoms with Gasteiger partial charge in [-0.25, -0.2) is 8.42 Å². The fourth-order valence-corrected chi connectivity index (χ4v) is 4.68. The molecule has 1 aliphatic rings. The molecule has 0 spiro atoms. The Labute approximate surface area is 130 Å². The van der Waals surface area contributed by atoms with Crippen LogP contribution in [0, 0.1) is 0 Å². The summed E-state index contributed by atoms with van der Waals surface area (Å²) in [4.78, 5) is 0.0571. The molecule has 1 saturated carbocycles. The summed E-state index contributed by atoms with van der Waals surface area (Å²) in [5.41, 5.74) is 6.30. The van der Waals surface area contributed by atoms with E-state index >= 15 is 0 Å². The Bertz CT molecular complexity index is 606. The maximum atomic E-state index is 12.7. The fourth-order valence-electron chi connectivity index (χ4n) is 2.73. The molecule has 7 heteroatoms. The summed E-state index contributed by atoms with van der Waals surface area (Å²) in [6.07, 6.45) is 2.51. The fraction of sp³-hybridized carbons (Fsp3) is 0.571. The molecule has 3 N–H and O–H groups in total. The first kappa shape index (κ1) is 16.7. The van der Waals surface area contributed by atoms with E-state index in [1.54, 1.807) is 12.1 Å². The summed E-state index contributed by atoms with van der Waals surface area (Å²) in [5, 5.41) is 10.2. The van der Waals surface area contributed by atoms with Gasteiger partial charge in [0.2, 0.25) is 10.0 Å². The number of likely N-dealkylation sites (N-methyl/N-ethyl adjacent to an activating group) is 1. The van der Waals surface area contributed by atoms with Crippen LogP contribution in [0.3, 0.4) is 0 Å². The maximum absolute atomic E-state index is 12.7. The highest BCUT2D eigenvalue weighted by Gasteiger charge is 2.35. The number of aliphatic hydroxyl groups is 1. The number of rotatable bonds is 4. The predicted octanol–water partition coefficient (Wildman–Crippen LogP) is 1.72. The molecule has 2 unspecified atom stereocenters. The monoisotopic (exact) mass is 332 g/mol. The van der Waals surface area contributed by atoms with Crippen molar-refractivity contribution in [2.24, 2.45) is 5.73 Å². The lowest BCUT2D eigenvalue weighted by Crippen LogP contribution is -2.46. The lowest BCUT2D eigenvalue weighted by molar-refractivity contribution is 0.0638. The first-order valence-corrected chi connectivity index (χ1v) is 8.84. The standard InChI is InChI=1S/C14H21ClN2O3S/c1-17(12-4-2-3-5-13(12)18)21(19,20)14-7-6-10(9-16)8-11(14)15/h6-8,12-13,18H,2-5,9,16H2,1H3. The van der Waals surface area contributed by atoms with Crippen LogP contribution in [0.15, 0.2) is 23.1 Å². The van der Waals surface area contributed by atoms with Gasteiger partial charge in [0.1, 0.15) is 4.90 Å². The van der Waals surface area contributed by atoms with Crippen molar-refractivity contribution >= 4 is 21.6 Å². The van der Waals surface area contributed by atoms with E-state index in [0.29, 0.717) is 19.4 Å². The molecule has 1 aromatic rings. The second kappa shape index (κ2) is 6.62. The molecule has 0 amide bonds. The van der Waals surface area contributed by atoms with Crippen LogP contribution in [0.2, 0.25) is 5.02 Å². The van der Waals surface area contributed by atoms with E-state index in [4.69, 9.17) is 17.3 Å². The molecular weight excluding hydrogens is 312 g/mol. The highest BCUT2D eigenvalue weighted by atomic mass is 35.5. The lowest BCUT2D eigenvalue weighted by atomic mass is 9.93. The third-order valence-corrected chi connectivity index (χ3v) is 6.42. The Morgan fingerprint density at radius 2 is 2.05 bits per heavy atom. The van der Waals surface area contributed by atoms with E-state index < -0.39 is 22.2 Å². The molecule has 0 bridgehead atoms. The van der Waals surface area contributed by atoms with Crippen molar-refractivity contribution in [1.82, 2.24) is 4.31 Å². The number of sulfonamides is 1. The normalized spacial score (nSPS) is 23.5. The van der Waals surface area contributed by atoms with Gasteiger partial charge in [-0.1, -0.05) is 30.5 Å². The highest BCUT2D eigenvalue weighted by molar-refractivity contribution is 7.89. The van der Waals surface area contributed by atoms with Crippen molar-refractivity contribution in [1.29, 1.82) is 0 Å². The van der Waals surface area contributed by atoms with Crippen LogP contribution in [0.1, 0.15) is 31.2 Å². The van der Waals surface area contributed by atoms with Crippen LogP contribution >= 0.6 is 11.6 Å². The van der Waals surface area contributed by atoms with E-state index in [2.05, 4.69) is 0 Å². The zero-order chi connectivity index (χ0) is 15.6. The Morgan fingerprint density at radius 3 is 2.62 bits per heavy atom. The van der Waals surface area contributed by atoms with E-state index in [0.717, 1.165) is 18.4 Å². The molecule has 0 radical (unpaired) electrons. The predicted molar refractivity (Wildman–Crippen MR) is 82.6 cm³/mol. The molecule has 1 fully saturated rings. The van der Waals surface area contributed by atoms with Crippen LogP contribution < -0.4 is 5.73 Å². The first-order valence-electron chi connectivity index (χ1n) is 7.02. The number of hydrogen-bond acceptors (Lipinski definition) is 4. The van der Waals surface area contributed by atoms with Crippen molar-refractivity contribution in [3.05, 3.63) is 28.8 Å². The first-order chi connectivity index (χ1) is 9.87. The second-order valence-corrected chi connectivity index (χ2v) is 7.78. The van der Waals surface area contributed by atoms with Gasteiger partial charge in [-0.15, -0.1) is 0 Å². The maximum Gasteiger partial charge on any atom is 0.244 e.